The third-order valence-corrected chi connectivity index (χ3v) is 5.21. The lowest BCUT2D eigenvalue weighted by atomic mass is 10.1. The summed E-state index contributed by atoms with van der Waals surface area (Å²) in [6, 6.07) is 12.3. The van der Waals surface area contributed by atoms with E-state index >= 15 is 0 Å². The minimum absolute atomic E-state index is 0.0896. The van der Waals surface area contributed by atoms with Crippen molar-refractivity contribution >= 4 is 17.7 Å². The number of benzene rings is 1. The summed E-state index contributed by atoms with van der Waals surface area (Å²) < 4.78 is 5.44. The Morgan fingerprint density at radius 3 is 2.74 bits per heavy atom. The predicted octanol–water partition coefficient (Wildman–Crippen LogP) is 3.40. The van der Waals surface area contributed by atoms with Crippen molar-refractivity contribution in [1.29, 1.82) is 0 Å². The predicted molar refractivity (Wildman–Crippen MR) is 92.7 cm³/mol. The third kappa shape index (κ3) is 4.39. The highest BCUT2D eigenvalue weighted by molar-refractivity contribution is 7.98. The highest BCUT2D eigenvalue weighted by Crippen LogP contribution is 2.25. The molecule has 23 heavy (non-hydrogen) atoms. The molecule has 0 saturated carbocycles. The molecule has 2 heterocycles. The highest BCUT2D eigenvalue weighted by Gasteiger charge is 2.22. The van der Waals surface area contributed by atoms with Crippen molar-refractivity contribution < 1.29 is 9.21 Å². The second-order valence-electron chi connectivity index (χ2n) is 5.93. The van der Waals surface area contributed by atoms with Crippen molar-refractivity contribution in [3.05, 3.63) is 54.0 Å². The van der Waals surface area contributed by atoms with Gasteiger partial charge in [0.25, 0.3) is 5.91 Å². The molecule has 2 aromatic rings. The van der Waals surface area contributed by atoms with Gasteiger partial charge in [-0.1, -0.05) is 18.2 Å². The van der Waals surface area contributed by atoms with Crippen LogP contribution in [0.1, 0.15) is 29.0 Å². The number of carbonyl (C=O) groups excluding carboxylic acids is 1. The number of amides is 1. The number of thioether (sulfide) groups is 1. The Labute approximate surface area is 141 Å². The van der Waals surface area contributed by atoms with E-state index in [9.17, 15) is 4.79 Å². The molecule has 1 aliphatic heterocycles. The van der Waals surface area contributed by atoms with Gasteiger partial charge in [0.15, 0.2) is 5.76 Å². The summed E-state index contributed by atoms with van der Waals surface area (Å²) in [5, 5.41) is 3.11. The summed E-state index contributed by atoms with van der Waals surface area (Å²) in [6.07, 6.45) is 3.60. The van der Waals surface area contributed by atoms with Gasteiger partial charge in [0.1, 0.15) is 0 Å². The number of hydrogen-bond acceptors (Lipinski definition) is 4. The van der Waals surface area contributed by atoms with Gasteiger partial charge in [-0.15, -0.1) is 11.8 Å². The maximum absolute atomic E-state index is 12.5. The molecule has 1 saturated heterocycles. The van der Waals surface area contributed by atoms with Gasteiger partial charge in [0.2, 0.25) is 0 Å². The van der Waals surface area contributed by atoms with Gasteiger partial charge in [-0.25, -0.2) is 0 Å². The second kappa shape index (κ2) is 7.70. The summed E-state index contributed by atoms with van der Waals surface area (Å²) in [7, 11) is 2.11. The molecule has 1 aliphatic rings. The van der Waals surface area contributed by atoms with E-state index in [2.05, 4.69) is 29.4 Å². The van der Waals surface area contributed by atoms with Crippen LogP contribution in [-0.4, -0.2) is 37.0 Å². The zero-order valence-electron chi connectivity index (χ0n) is 13.3. The molecule has 1 aromatic carbocycles. The van der Waals surface area contributed by atoms with Crippen LogP contribution in [0.4, 0.5) is 0 Å². The molecular formula is C18H22N2O2S. The Bertz CT molecular complexity index is 633. The summed E-state index contributed by atoms with van der Waals surface area (Å²) in [5.41, 5.74) is 0.948. The molecule has 0 atom stereocenters. The number of piperidine rings is 1. The molecule has 1 fully saturated rings. The number of rotatable bonds is 5. The Morgan fingerprint density at radius 2 is 2.00 bits per heavy atom. The molecule has 0 unspecified atom stereocenters. The Balaban J connectivity index is 1.58. The number of likely N-dealkylation sites (tertiary alicyclic amines) is 1. The lowest BCUT2D eigenvalue weighted by molar-refractivity contribution is 0.0888. The summed E-state index contributed by atoms with van der Waals surface area (Å²) in [6.45, 7) is 2.06. The first kappa shape index (κ1) is 16.1. The van der Waals surface area contributed by atoms with E-state index in [0.717, 1.165) is 37.2 Å². The fourth-order valence-electron chi connectivity index (χ4n) is 2.73. The van der Waals surface area contributed by atoms with Crippen molar-refractivity contribution in [1.82, 2.24) is 10.2 Å². The second-order valence-corrected chi connectivity index (χ2v) is 6.98. The standard InChI is InChI=1S/C18H22N2O2S/c1-20-10-7-15(8-11-20)19-18(21)17-14(9-12-22-17)13-23-16-5-3-2-4-6-16/h2-6,9,12,15H,7-8,10-11,13H2,1H3,(H,19,21). The fourth-order valence-corrected chi connectivity index (χ4v) is 3.63. The maximum Gasteiger partial charge on any atom is 0.287 e. The number of nitrogens with zero attached hydrogens (tertiary/aromatic N) is 1. The minimum Gasteiger partial charge on any atom is -0.459 e. The van der Waals surface area contributed by atoms with E-state index < -0.39 is 0 Å². The molecule has 5 heteroatoms. The minimum atomic E-state index is -0.0896. The van der Waals surface area contributed by atoms with Gasteiger partial charge in [-0.2, -0.15) is 0 Å². The molecule has 4 nitrogen and oxygen atoms in total. The number of furan rings is 1. The first-order valence-electron chi connectivity index (χ1n) is 7.96. The van der Waals surface area contributed by atoms with Crippen LogP contribution in [0.5, 0.6) is 0 Å². The molecular weight excluding hydrogens is 308 g/mol. The van der Waals surface area contributed by atoms with E-state index in [4.69, 9.17) is 4.42 Å². The van der Waals surface area contributed by atoms with E-state index in [1.807, 2.05) is 24.3 Å². The summed E-state index contributed by atoms with van der Waals surface area (Å²) in [4.78, 5) is 15.9. The zero-order chi connectivity index (χ0) is 16.1. The average Bonchev–Trinajstić information content (AvgIpc) is 3.05. The molecule has 0 bridgehead atoms. The first-order valence-corrected chi connectivity index (χ1v) is 8.94. The van der Waals surface area contributed by atoms with Crippen molar-refractivity contribution in [2.45, 2.75) is 29.5 Å². The van der Waals surface area contributed by atoms with Crippen LogP contribution < -0.4 is 5.32 Å². The number of nitrogens with one attached hydrogen (secondary N) is 1. The van der Waals surface area contributed by atoms with Gasteiger partial charge in [-0.05, 0) is 51.2 Å². The molecule has 1 N–H and O–H groups in total. The smallest absolute Gasteiger partial charge is 0.287 e. The normalized spacial score (nSPS) is 16.4. The lowest BCUT2D eigenvalue weighted by Gasteiger charge is -2.29. The van der Waals surface area contributed by atoms with Gasteiger partial charge in [-0.3, -0.25) is 4.79 Å². The Morgan fingerprint density at radius 1 is 1.26 bits per heavy atom. The van der Waals surface area contributed by atoms with Crippen molar-refractivity contribution in [2.75, 3.05) is 20.1 Å². The monoisotopic (exact) mass is 330 g/mol. The van der Waals surface area contributed by atoms with Crippen molar-refractivity contribution in [2.24, 2.45) is 0 Å². The van der Waals surface area contributed by atoms with E-state index in [1.165, 1.54) is 4.90 Å². The Hall–Kier alpha value is -1.72. The topological polar surface area (TPSA) is 45.5 Å². The van der Waals surface area contributed by atoms with E-state index in [1.54, 1.807) is 18.0 Å². The van der Waals surface area contributed by atoms with E-state index in [-0.39, 0.29) is 11.9 Å². The summed E-state index contributed by atoms with van der Waals surface area (Å²) >= 11 is 1.71. The first-order chi connectivity index (χ1) is 11.2. The highest BCUT2D eigenvalue weighted by atomic mass is 32.2. The molecule has 3 rings (SSSR count). The zero-order valence-corrected chi connectivity index (χ0v) is 14.1. The molecule has 1 aromatic heterocycles. The molecule has 0 radical (unpaired) electrons. The number of carbonyl (C=O) groups is 1. The van der Waals surface area contributed by atoms with Gasteiger partial charge in [0, 0.05) is 22.3 Å². The van der Waals surface area contributed by atoms with Crippen LogP contribution in [0.25, 0.3) is 0 Å². The van der Waals surface area contributed by atoms with Crippen molar-refractivity contribution in [3.63, 3.8) is 0 Å². The lowest BCUT2D eigenvalue weighted by Crippen LogP contribution is -2.43. The van der Waals surface area contributed by atoms with Crippen LogP contribution in [0.15, 0.2) is 52.0 Å². The molecule has 0 aliphatic carbocycles. The van der Waals surface area contributed by atoms with Gasteiger partial charge in [0.05, 0.1) is 6.26 Å². The molecule has 0 spiro atoms. The number of hydrogen-bond donors (Lipinski definition) is 1. The SMILES string of the molecule is CN1CCC(NC(=O)c2occc2CSc2ccccc2)CC1. The fraction of sp³-hybridized carbons (Fsp3) is 0.389. The van der Waals surface area contributed by atoms with Crippen LogP contribution in [0, 0.1) is 0 Å². The quantitative estimate of drug-likeness (QED) is 0.854. The van der Waals surface area contributed by atoms with Crippen LogP contribution >= 0.6 is 11.8 Å². The maximum atomic E-state index is 12.5. The van der Waals surface area contributed by atoms with Crippen LogP contribution in [-0.2, 0) is 5.75 Å². The largest absolute Gasteiger partial charge is 0.459 e. The van der Waals surface area contributed by atoms with E-state index in [0.29, 0.717) is 5.76 Å². The van der Waals surface area contributed by atoms with Crippen LogP contribution in [0.3, 0.4) is 0 Å². The van der Waals surface area contributed by atoms with Gasteiger partial charge < -0.3 is 14.6 Å². The molecule has 1 amide bonds. The average molecular weight is 330 g/mol. The third-order valence-electron chi connectivity index (χ3n) is 4.14. The van der Waals surface area contributed by atoms with Crippen molar-refractivity contribution in [3.8, 4) is 0 Å². The van der Waals surface area contributed by atoms with Gasteiger partial charge >= 0.3 is 0 Å². The molecule has 122 valence electrons. The van der Waals surface area contributed by atoms with Crippen LogP contribution in [0.2, 0.25) is 0 Å². The summed E-state index contributed by atoms with van der Waals surface area (Å²) in [5.74, 6) is 1.09. The Kier molecular flexibility index (Phi) is 5.41.